The number of guanidine groups is 1. The molecule has 1 heterocycles. The number of anilines is 1. The maximum Gasteiger partial charge on any atom is 0.191 e. The van der Waals surface area contributed by atoms with Crippen LogP contribution in [-0.2, 0) is 11.3 Å². The number of rotatable bonds is 6. The van der Waals surface area contributed by atoms with Gasteiger partial charge in [-0.05, 0) is 17.7 Å². The molecule has 2 N–H and O–H groups in total. The molecule has 1 aromatic carbocycles. The van der Waals surface area contributed by atoms with E-state index < -0.39 is 0 Å². The molecule has 1 saturated heterocycles. The van der Waals surface area contributed by atoms with Crippen molar-refractivity contribution in [3.8, 4) is 0 Å². The highest BCUT2D eigenvalue weighted by molar-refractivity contribution is 5.79. The molecule has 2 rings (SSSR count). The van der Waals surface area contributed by atoms with Crippen molar-refractivity contribution in [2.24, 2.45) is 4.99 Å². The van der Waals surface area contributed by atoms with Crippen LogP contribution in [0.15, 0.2) is 29.3 Å². The van der Waals surface area contributed by atoms with Gasteiger partial charge in [0.2, 0.25) is 0 Å². The second-order valence-electron chi connectivity index (χ2n) is 5.87. The van der Waals surface area contributed by atoms with Crippen LogP contribution in [0.2, 0.25) is 0 Å². The maximum absolute atomic E-state index is 5.36. The van der Waals surface area contributed by atoms with Gasteiger partial charge in [0.05, 0.1) is 13.2 Å². The van der Waals surface area contributed by atoms with Gasteiger partial charge in [-0.3, -0.25) is 9.89 Å². The Kier molecular flexibility index (Phi) is 7.16. The van der Waals surface area contributed by atoms with Crippen molar-refractivity contribution >= 4 is 11.6 Å². The van der Waals surface area contributed by atoms with E-state index in [1.807, 2.05) is 14.1 Å². The summed E-state index contributed by atoms with van der Waals surface area (Å²) >= 11 is 0. The molecule has 6 nitrogen and oxygen atoms in total. The van der Waals surface area contributed by atoms with Crippen LogP contribution in [0, 0.1) is 0 Å². The molecule has 0 spiro atoms. The zero-order valence-corrected chi connectivity index (χ0v) is 14.5. The van der Waals surface area contributed by atoms with Gasteiger partial charge in [-0.2, -0.15) is 0 Å². The van der Waals surface area contributed by atoms with Gasteiger partial charge in [0.25, 0.3) is 0 Å². The Labute approximate surface area is 139 Å². The topological polar surface area (TPSA) is 52.1 Å². The minimum Gasteiger partial charge on any atom is -0.379 e. The van der Waals surface area contributed by atoms with Crippen LogP contribution in [-0.4, -0.2) is 71.4 Å². The Bertz CT molecular complexity index is 480. The molecule has 0 atom stereocenters. The van der Waals surface area contributed by atoms with Gasteiger partial charge in [0.15, 0.2) is 5.96 Å². The third-order valence-electron chi connectivity index (χ3n) is 3.96. The summed E-state index contributed by atoms with van der Waals surface area (Å²) in [6.45, 7) is 6.40. The third-order valence-corrected chi connectivity index (χ3v) is 3.96. The number of benzene rings is 1. The molecule has 128 valence electrons. The Balaban J connectivity index is 1.69. The van der Waals surface area contributed by atoms with Crippen LogP contribution in [0.4, 0.5) is 5.69 Å². The second-order valence-corrected chi connectivity index (χ2v) is 5.87. The minimum atomic E-state index is 0.769. The Morgan fingerprint density at radius 2 is 1.87 bits per heavy atom. The lowest BCUT2D eigenvalue weighted by atomic mass is 10.2. The minimum absolute atomic E-state index is 0.769. The van der Waals surface area contributed by atoms with Gasteiger partial charge >= 0.3 is 0 Å². The number of nitrogens with one attached hydrogen (secondary N) is 2. The van der Waals surface area contributed by atoms with E-state index in [1.54, 1.807) is 7.05 Å². The first kappa shape index (κ1) is 17.6. The molecule has 0 aromatic heterocycles. The van der Waals surface area contributed by atoms with Crippen molar-refractivity contribution in [3.63, 3.8) is 0 Å². The molecule has 0 bridgehead atoms. The zero-order chi connectivity index (χ0) is 16.5. The SMILES string of the molecule is CN=C(NCCN1CCOCC1)NCc1ccc(N(C)C)cc1. The zero-order valence-electron chi connectivity index (χ0n) is 14.5. The molecular weight excluding hydrogens is 290 g/mol. The van der Waals surface area contributed by atoms with Gasteiger partial charge < -0.3 is 20.3 Å². The number of aliphatic imine (C=N–C) groups is 1. The summed E-state index contributed by atoms with van der Waals surface area (Å²) in [5, 5.41) is 6.72. The second kappa shape index (κ2) is 9.37. The average molecular weight is 319 g/mol. The van der Waals surface area contributed by atoms with E-state index in [-0.39, 0.29) is 0 Å². The van der Waals surface area contributed by atoms with E-state index in [9.17, 15) is 0 Å². The molecule has 1 aliphatic rings. The van der Waals surface area contributed by atoms with E-state index >= 15 is 0 Å². The lowest BCUT2D eigenvalue weighted by molar-refractivity contribution is 0.0389. The highest BCUT2D eigenvalue weighted by atomic mass is 16.5. The van der Waals surface area contributed by atoms with E-state index in [1.165, 1.54) is 11.3 Å². The average Bonchev–Trinajstić information content (AvgIpc) is 2.59. The van der Waals surface area contributed by atoms with Crippen LogP contribution in [0.5, 0.6) is 0 Å². The fourth-order valence-corrected chi connectivity index (χ4v) is 2.48. The smallest absolute Gasteiger partial charge is 0.191 e. The first-order chi connectivity index (χ1) is 11.2. The van der Waals surface area contributed by atoms with Crippen molar-refractivity contribution in [1.29, 1.82) is 0 Å². The molecule has 1 aliphatic heterocycles. The first-order valence-corrected chi connectivity index (χ1v) is 8.20. The standard InChI is InChI=1S/C17H29N5O/c1-18-17(19-8-9-22-10-12-23-13-11-22)20-14-15-4-6-16(7-5-15)21(2)3/h4-7H,8-14H2,1-3H3,(H2,18,19,20). The maximum atomic E-state index is 5.36. The predicted molar refractivity (Wildman–Crippen MR) is 96.2 cm³/mol. The molecule has 6 heteroatoms. The summed E-state index contributed by atoms with van der Waals surface area (Å²) in [7, 11) is 5.90. The van der Waals surface area contributed by atoms with Gasteiger partial charge in [-0.1, -0.05) is 12.1 Å². The van der Waals surface area contributed by atoms with Crippen LogP contribution in [0.25, 0.3) is 0 Å². The van der Waals surface area contributed by atoms with E-state index in [4.69, 9.17) is 4.74 Å². The van der Waals surface area contributed by atoms with E-state index in [2.05, 4.69) is 49.7 Å². The highest BCUT2D eigenvalue weighted by Gasteiger charge is 2.09. The normalized spacial score (nSPS) is 16.2. The molecule has 0 saturated carbocycles. The monoisotopic (exact) mass is 319 g/mol. The molecule has 1 aromatic rings. The van der Waals surface area contributed by atoms with Gasteiger partial charge in [0.1, 0.15) is 0 Å². The molecular formula is C17H29N5O. The quantitative estimate of drug-likeness (QED) is 0.599. The first-order valence-electron chi connectivity index (χ1n) is 8.20. The summed E-state index contributed by atoms with van der Waals surface area (Å²) in [5.41, 5.74) is 2.45. The fraction of sp³-hybridized carbons (Fsp3) is 0.588. The van der Waals surface area contributed by atoms with Crippen molar-refractivity contribution in [2.45, 2.75) is 6.54 Å². The highest BCUT2D eigenvalue weighted by Crippen LogP contribution is 2.11. The Morgan fingerprint density at radius 3 is 2.48 bits per heavy atom. The Morgan fingerprint density at radius 1 is 1.17 bits per heavy atom. The van der Waals surface area contributed by atoms with Crippen molar-refractivity contribution in [1.82, 2.24) is 15.5 Å². The Hall–Kier alpha value is -1.79. The van der Waals surface area contributed by atoms with Gasteiger partial charge in [0, 0.05) is 59.6 Å². The van der Waals surface area contributed by atoms with Crippen LogP contribution in [0.1, 0.15) is 5.56 Å². The number of morpholine rings is 1. The van der Waals surface area contributed by atoms with E-state index in [0.717, 1.165) is 51.9 Å². The summed E-state index contributed by atoms with van der Waals surface area (Å²) in [6.07, 6.45) is 0. The lowest BCUT2D eigenvalue weighted by Gasteiger charge is -2.26. The van der Waals surface area contributed by atoms with E-state index in [0.29, 0.717) is 0 Å². The van der Waals surface area contributed by atoms with Crippen molar-refractivity contribution < 1.29 is 4.74 Å². The summed E-state index contributed by atoms with van der Waals surface area (Å²) in [6, 6.07) is 8.55. The molecule has 0 amide bonds. The number of ether oxygens (including phenoxy) is 1. The summed E-state index contributed by atoms with van der Waals surface area (Å²) in [4.78, 5) is 8.78. The third kappa shape index (κ3) is 6.08. The molecule has 0 aliphatic carbocycles. The largest absolute Gasteiger partial charge is 0.379 e. The van der Waals surface area contributed by atoms with Gasteiger partial charge in [-0.25, -0.2) is 0 Å². The molecule has 0 unspecified atom stereocenters. The van der Waals surface area contributed by atoms with Crippen molar-refractivity contribution in [2.75, 3.05) is 65.4 Å². The number of nitrogens with zero attached hydrogens (tertiary/aromatic N) is 3. The van der Waals surface area contributed by atoms with Crippen LogP contribution in [0.3, 0.4) is 0 Å². The summed E-state index contributed by atoms with van der Waals surface area (Å²) < 4.78 is 5.36. The van der Waals surface area contributed by atoms with Crippen LogP contribution >= 0.6 is 0 Å². The predicted octanol–water partition coefficient (Wildman–Crippen LogP) is 0.750. The summed E-state index contributed by atoms with van der Waals surface area (Å²) in [5.74, 6) is 0.843. The number of hydrogen-bond donors (Lipinski definition) is 2. The lowest BCUT2D eigenvalue weighted by Crippen LogP contribution is -2.44. The molecule has 23 heavy (non-hydrogen) atoms. The fourth-order valence-electron chi connectivity index (χ4n) is 2.48. The molecule has 0 radical (unpaired) electrons. The van der Waals surface area contributed by atoms with Crippen molar-refractivity contribution in [3.05, 3.63) is 29.8 Å². The molecule has 1 fully saturated rings. The van der Waals surface area contributed by atoms with Crippen LogP contribution < -0.4 is 15.5 Å². The number of hydrogen-bond acceptors (Lipinski definition) is 4. The van der Waals surface area contributed by atoms with Gasteiger partial charge in [-0.15, -0.1) is 0 Å².